The second kappa shape index (κ2) is 6.47. The smallest absolute Gasteiger partial charge is 0.274 e. The minimum Gasteiger partial charge on any atom is -0.337 e. The van der Waals surface area contributed by atoms with Gasteiger partial charge in [-0.25, -0.2) is 4.98 Å². The number of aromatic nitrogens is 1. The van der Waals surface area contributed by atoms with E-state index >= 15 is 0 Å². The molecule has 1 atom stereocenters. The van der Waals surface area contributed by atoms with Gasteiger partial charge in [0.2, 0.25) is 0 Å². The average molecular weight is 293 g/mol. The van der Waals surface area contributed by atoms with Crippen LogP contribution in [0, 0.1) is 0 Å². The van der Waals surface area contributed by atoms with E-state index in [9.17, 15) is 4.79 Å². The topological polar surface area (TPSA) is 33.2 Å². The SMILES string of the molecule is CSCC(C)N(C)C(=O)c1nc(Cl)ccc1Cl. The van der Waals surface area contributed by atoms with Crippen LogP contribution in [0.15, 0.2) is 12.1 Å². The van der Waals surface area contributed by atoms with Gasteiger partial charge in [0, 0.05) is 18.8 Å². The zero-order chi connectivity index (χ0) is 13.0. The fourth-order valence-corrected chi connectivity index (χ4v) is 2.33. The van der Waals surface area contributed by atoms with Gasteiger partial charge in [-0.3, -0.25) is 4.79 Å². The minimum atomic E-state index is -0.209. The van der Waals surface area contributed by atoms with Crippen molar-refractivity contribution in [3.05, 3.63) is 28.0 Å². The molecule has 6 heteroatoms. The van der Waals surface area contributed by atoms with Crippen LogP contribution in [0.1, 0.15) is 17.4 Å². The Hall–Kier alpha value is -0.450. The monoisotopic (exact) mass is 292 g/mol. The lowest BCUT2D eigenvalue weighted by molar-refractivity contribution is 0.0752. The Balaban J connectivity index is 2.92. The van der Waals surface area contributed by atoms with Gasteiger partial charge < -0.3 is 4.90 Å². The molecule has 0 aliphatic rings. The summed E-state index contributed by atoms with van der Waals surface area (Å²) in [6, 6.07) is 3.26. The van der Waals surface area contributed by atoms with Gasteiger partial charge in [-0.15, -0.1) is 0 Å². The van der Waals surface area contributed by atoms with E-state index in [1.165, 1.54) is 0 Å². The largest absolute Gasteiger partial charge is 0.337 e. The second-order valence-electron chi connectivity index (χ2n) is 3.68. The Bertz CT molecular complexity index is 414. The minimum absolute atomic E-state index is 0.120. The van der Waals surface area contributed by atoms with Gasteiger partial charge in [0.1, 0.15) is 10.8 Å². The van der Waals surface area contributed by atoms with Crippen LogP contribution in [0.2, 0.25) is 10.2 Å². The molecule has 94 valence electrons. The molecule has 0 aromatic carbocycles. The maximum Gasteiger partial charge on any atom is 0.274 e. The Morgan fingerprint density at radius 3 is 2.76 bits per heavy atom. The number of thioether (sulfide) groups is 1. The summed E-state index contributed by atoms with van der Waals surface area (Å²) in [5.41, 5.74) is 0.203. The summed E-state index contributed by atoms with van der Waals surface area (Å²) in [7, 11) is 1.74. The van der Waals surface area contributed by atoms with Gasteiger partial charge in [-0.1, -0.05) is 23.2 Å². The molecule has 17 heavy (non-hydrogen) atoms. The molecule has 0 radical (unpaired) electrons. The summed E-state index contributed by atoms with van der Waals surface area (Å²) in [5.74, 6) is 0.652. The van der Waals surface area contributed by atoms with E-state index in [1.807, 2.05) is 13.2 Å². The highest BCUT2D eigenvalue weighted by Gasteiger charge is 2.21. The molecule has 1 unspecified atom stereocenters. The number of carbonyl (C=O) groups is 1. The fraction of sp³-hybridized carbons (Fsp3) is 0.455. The molecule has 0 fully saturated rings. The zero-order valence-electron chi connectivity index (χ0n) is 9.91. The molecule has 1 rings (SSSR count). The fourth-order valence-electron chi connectivity index (χ4n) is 1.29. The van der Waals surface area contributed by atoms with Crippen LogP contribution < -0.4 is 0 Å². The lowest BCUT2D eigenvalue weighted by Crippen LogP contribution is -2.37. The number of hydrogen-bond acceptors (Lipinski definition) is 3. The Morgan fingerprint density at radius 2 is 2.18 bits per heavy atom. The van der Waals surface area contributed by atoms with E-state index in [-0.39, 0.29) is 22.8 Å². The van der Waals surface area contributed by atoms with Crippen LogP contribution in [0.3, 0.4) is 0 Å². The summed E-state index contributed by atoms with van der Waals surface area (Å²) in [6.07, 6.45) is 2.00. The number of rotatable bonds is 4. The standard InChI is InChI=1S/C11H14Cl2N2OS/c1-7(6-17-3)15(2)11(16)10-8(12)4-5-9(13)14-10/h4-5,7H,6H2,1-3H3. The molecule has 0 N–H and O–H groups in total. The van der Waals surface area contributed by atoms with E-state index in [2.05, 4.69) is 4.98 Å². The maximum absolute atomic E-state index is 12.1. The van der Waals surface area contributed by atoms with Crippen molar-refractivity contribution in [1.29, 1.82) is 0 Å². The van der Waals surface area contributed by atoms with Gasteiger partial charge >= 0.3 is 0 Å². The summed E-state index contributed by atoms with van der Waals surface area (Å²) < 4.78 is 0. The predicted molar refractivity (Wildman–Crippen MR) is 74.2 cm³/mol. The number of carbonyl (C=O) groups excluding carboxylic acids is 1. The van der Waals surface area contributed by atoms with Gasteiger partial charge in [-0.2, -0.15) is 11.8 Å². The van der Waals surface area contributed by atoms with Crippen molar-refractivity contribution >= 4 is 40.9 Å². The van der Waals surface area contributed by atoms with Crippen LogP contribution in [0.4, 0.5) is 0 Å². The van der Waals surface area contributed by atoms with E-state index in [1.54, 1.807) is 35.8 Å². The molecule has 0 bridgehead atoms. The normalized spacial score (nSPS) is 12.3. The lowest BCUT2D eigenvalue weighted by atomic mass is 10.2. The van der Waals surface area contributed by atoms with Crippen molar-refractivity contribution in [2.75, 3.05) is 19.1 Å². The van der Waals surface area contributed by atoms with Gasteiger partial charge in [0.05, 0.1) is 5.02 Å². The quantitative estimate of drug-likeness (QED) is 0.799. The molecule has 1 aromatic heterocycles. The first kappa shape index (κ1) is 14.6. The van der Waals surface area contributed by atoms with Crippen LogP contribution in [0.5, 0.6) is 0 Å². The van der Waals surface area contributed by atoms with Gasteiger partial charge in [0.25, 0.3) is 5.91 Å². The van der Waals surface area contributed by atoms with Crippen LogP contribution in [-0.2, 0) is 0 Å². The first-order chi connectivity index (χ1) is 7.97. The molecular weight excluding hydrogens is 279 g/mol. The number of hydrogen-bond donors (Lipinski definition) is 0. The molecule has 1 amide bonds. The second-order valence-corrected chi connectivity index (χ2v) is 5.39. The van der Waals surface area contributed by atoms with E-state index in [0.717, 1.165) is 5.75 Å². The number of pyridine rings is 1. The van der Waals surface area contributed by atoms with Crippen molar-refractivity contribution in [2.45, 2.75) is 13.0 Å². The first-order valence-electron chi connectivity index (χ1n) is 5.05. The van der Waals surface area contributed by atoms with Crippen molar-refractivity contribution in [3.8, 4) is 0 Å². The Kier molecular flexibility index (Phi) is 5.56. The highest BCUT2D eigenvalue weighted by atomic mass is 35.5. The third-order valence-electron chi connectivity index (χ3n) is 2.40. The van der Waals surface area contributed by atoms with E-state index in [0.29, 0.717) is 5.02 Å². The molecule has 3 nitrogen and oxygen atoms in total. The number of amides is 1. The number of halogens is 2. The summed E-state index contributed by atoms with van der Waals surface area (Å²) in [4.78, 5) is 17.7. The average Bonchev–Trinajstić information content (AvgIpc) is 2.30. The van der Waals surface area contributed by atoms with Crippen LogP contribution in [-0.4, -0.2) is 40.9 Å². The first-order valence-corrected chi connectivity index (χ1v) is 7.20. The summed E-state index contributed by atoms with van der Waals surface area (Å²) in [6.45, 7) is 1.98. The van der Waals surface area contributed by atoms with E-state index in [4.69, 9.17) is 23.2 Å². The molecular formula is C11H14Cl2N2OS. The zero-order valence-corrected chi connectivity index (χ0v) is 12.2. The van der Waals surface area contributed by atoms with Crippen molar-refractivity contribution in [2.24, 2.45) is 0 Å². The maximum atomic E-state index is 12.1. The van der Waals surface area contributed by atoms with Crippen molar-refractivity contribution in [3.63, 3.8) is 0 Å². The highest BCUT2D eigenvalue weighted by Crippen LogP contribution is 2.19. The van der Waals surface area contributed by atoms with Crippen molar-refractivity contribution in [1.82, 2.24) is 9.88 Å². The summed E-state index contributed by atoms with van der Waals surface area (Å²) in [5, 5.41) is 0.589. The predicted octanol–water partition coefficient (Wildman–Crippen LogP) is 3.21. The Morgan fingerprint density at radius 1 is 1.53 bits per heavy atom. The lowest BCUT2D eigenvalue weighted by Gasteiger charge is -2.24. The third kappa shape index (κ3) is 3.76. The van der Waals surface area contributed by atoms with Crippen molar-refractivity contribution < 1.29 is 4.79 Å². The van der Waals surface area contributed by atoms with Gasteiger partial charge in [-0.05, 0) is 25.3 Å². The molecule has 0 aliphatic heterocycles. The van der Waals surface area contributed by atoms with E-state index < -0.39 is 0 Å². The molecule has 1 aromatic rings. The molecule has 0 saturated heterocycles. The third-order valence-corrected chi connectivity index (χ3v) is 3.74. The van der Waals surface area contributed by atoms with Crippen LogP contribution in [0.25, 0.3) is 0 Å². The number of nitrogens with zero attached hydrogens (tertiary/aromatic N) is 2. The highest BCUT2D eigenvalue weighted by molar-refractivity contribution is 7.98. The molecule has 0 aliphatic carbocycles. The molecule has 1 heterocycles. The Labute approximate surface area is 115 Å². The van der Waals surface area contributed by atoms with Gasteiger partial charge in [0.15, 0.2) is 0 Å². The molecule has 0 saturated carbocycles. The summed E-state index contributed by atoms with van der Waals surface area (Å²) >= 11 is 13.4. The van der Waals surface area contributed by atoms with Crippen LogP contribution >= 0.6 is 35.0 Å². The molecule has 0 spiro atoms.